The lowest BCUT2D eigenvalue weighted by molar-refractivity contribution is -0.123. The lowest BCUT2D eigenvalue weighted by Gasteiger charge is -2.22. The summed E-state index contributed by atoms with van der Waals surface area (Å²) in [5.41, 5.74) is 0.881. The van der Waals surface area contributed by atoms with Gasteiger partial charge < -0.3 is 14.8 Å². The van der Waals surface area contributed by atoms with E-state index < -0.39 is 4.32 Å². The fourth-order valence-electron chi connectivity index (χ4n) is 1.62. The summed E-state index contributed by atoms with van der Waals surface area (Å²) >= 11 is 3.34. The first-order chi connectivity index (χ1) is 8.79. The van der Waals surface area contributed by atoms with Crippen LogP contribution in [-0.4, -0.2) is 24.5 Å². The van der Waals surface area contributed by atoms with Crippen molar-refractivity contribution in [2.75, 3.05) is 14.2 Å². The standard InChI is InChI=1S/C14H20BrNO3/c1-9(16-13(17)14(2,3)15)11-8-10(18-4)6-7-12(11)19-5/h6-9H,1-5H3,(H,16,17). The molecule has 0 fully saturated rings. The lowest BCUT2D eigenvalue weighted by Crippen LogP contribution is -2.39. The van der Waals surface area contributed by atoms with Crippen molar-refractivity contribution < 1.29 is 14.3 Å². The molecule has 0 saturated heterocycles. The molecule has 1 aromatic carbocycles. The summed E-state index contributed by atoms with van der Waals surface area (Å²) in [4.78, 5) is 12.0. The number of alkyl halides is 1. The Bertz CT molecular complexity index is 454. The Morgan fingerprint density at radius 1 is 1.32 bits per heavy atom. The molecule has 5 heteroatoms. The molecule has 0 aliphatic carbocycles. The van der Waals surface area contributed by atoms with Crippen molar-refractivity contribution in [1.82, 2.24) is 5.32 Å². The number of methoxy groups -OCH3 is 2. The Labute approximate surface area is 122 Å². The molecule has 0 spiro atoms. The quantitative estimate of drug-likeness (QED) is 0.844. The Kier molecular flexibility index (Phi) is 5.23. The van der Waals surface area contributed by atoms with E-state index in [4.69, 9.17) is 9.47 Å². The average Bonchev–Trinajstić information content (AvgIpc) is 2.36. The van der Waals surface area contributed by atoms with Crippen molar-refractivity contribution in [2.45, 2.75) is 31.1 Å². The maximum absolute atomic E-state index is 12.0. The van der Waals surface area contributed by atoms with Crippen LogP contribution in [0.1, 0.15) is 32.4 Å². The van der Waals surface area contributed by atoms with Crippen molar-refractivity contribution in [3.05, 3.63) is 23.8 Å². The van der Waals surface area contributed by atoms with Crippen molar-refractivity contribution in [3.63, 3.8) is 0 Å². The van der Waals surface area contributed by atoms with E-state index in [9.17, 15) is 4.79 Å². The van der Waals surface area contributed by atoms with E-state index in [1.165, 1.54) is 0 Å². The summed E-state index contributed by atoms with van der Waals surface area (Å²) < 4.78 is 9.91. The minimum Gasteiger partial charge on any atom is -0.497 e. The first-order valence-corrected chi connectivity index (χ1v) is 6.80. The second-order valence-corrected chi connectivity index (χ2v) is 6.76. The van der Waals surface area contributed by atoms with Gasteiger partial charge >= 0.3 is 0 Å². The molecule has 106 valence electrons. The van der Waals surface area contributed by atoms with Crippen LogP contribution in [0.4, 0.5) is 0 Å². The lowest BCUT2D eigenvalue weighted by atomic mass is 10.1. The van der Waals surface area contributed by atoms with Crippen LogP contribution in [-0.2, 0) is 4.79 Å². The van der Waals surface area contributed by atoms with Gasteiger partial charge in [-0.25, -0.2) is 0 Å². The Hall–Kier alpha value is -1.23. The fourth-order valence-corrected chi connectivity index (χ4v) is 1.74. The van der Waals surface area contributed by atoms with Gasteiger partial charge in [0.2, 0.25) is 5.91 Å². The number of hydrogen-bond acceptors (Lipinski definition) is 3. The number of carbonyl (C=O) groups excluding carboxylic acids is 1. The second-order valence-electron chi connectivity index (χ2n) is 4.78. The number of rotatable bonds is 5. The maximum Gasteiger partial charge on any atom is 0.236 e. The predicted octanol–water partition coefficient (Wildman–Crippen LogP) is 3.05. The minimum atomic E-state index is -0.604. The van der Waals surface area contributed by atoms with Gasteiger partial charge in [0.05, 0.1) is 24.6 Å². The van der Waals surface area contributed by atoms with Crippen molar-refractivity contribution in [1.29, 1.82) is 0 Å². The van der Waals surface area contributed by atoms with E-state index >= 15 is 0 Å². The van der Waals surface area contributed by atoms with Crippen molar-refractivity contribution in [3.8, 4) is 11.5 Å². The topological polar surface area (TPSA) is 47.6 Å². The van der Waals surface area contributed by atoms with Gasteiger partial charge in [-0.05, 0) is 39.0 Å². The highest BCUT2D eigenvalue weighted by molar-refractivity contribution is 9.10. The van der Waals surface area contributed by atoms with Crippen LogP contribution in [0.2, 0.25) is 0 Å². The summed E-state index contributed by atoms with van der Waals surface area (Å²) in [6.45, 7) is 5.52. The maximum atomic E-state index is 12.0. The number of hydrogen-bond donors (Lipinski definition) is 1. The number of nitrogens with one attached hydrogen (secondary N) is 1. The van der Waals surface area contributed by atoms with Gasteiger partial charge in [0.1, 0.15) is 11.5 Å². The van der Waals surface area contributed by atoms with E-state index in [0.29, 0.717) is 0 Å². The summed E-state index contributed by atoms with van der Waals surface area (Å²) in [6, 6.07) is 5.35. The molecule has 1 atom stereocenters. The van der Waals surface area contributed by atoms with E-state index in [2.05, 4.69) is 21.2 Å². The van der Waals surface area contributed by atoms with Crippen molar-refractivity contribution >= 4 is 21.8 Å². The Balaban J connectivity index is 2.98. The zero-order valence-corrected chi connectivity index (χ0v) is 13.5. The number of amides is 1. The van der Waals surface area contributed by atoms with Gasteiger partial charge in [-0.3, -0.25) is 4.79 Å². The number of benzene rings is 1. The van der Waals surface area contributed by atoms with Crippen molar-refractivity contribution in [2.24, 2.45) is 0 Å². The molecule has 1 N–H and O–H groups in total. The molecule has 0 aliphatic rings. The van der Waals surface area contributed by atoms with Gasteiger partial charge in [0, 0.05) is 5.56 Å². The molecule has 4 nitrogen and oxygen atoms in total. The van der Waals surface area contributed by atoms with Crippen LogP contribution in [0.3, 0.4) is 0 Å². The summed E-state index contributed by atoms with van der Waals surface area (Å²) in [7, 11) is 3.21. The van der Waals surface area contributed by atoms with Gasteiger partial charge in [-0.15, -0.1) is 0 Å². The normalized spacial score (nSPS) is 12.7. The average molecular weight is 330 g/mol. The predicted molar refractivity (Wildman–Crippen MR) is 79.1 cm³/mol. The summed E-state index contributed by atoms with van der Waals surface area (Å²) in [5, 5.41) is 2.94. The summed E-state index contributed by atoms with van der Waals surface area (Å²) in [5.74, 6) is 1.38. The van der Waals surface area contributed by atoms with E-state index in [1.807, 2.05) is 25.1 Å². The molecule has 1 amide bonds. The minimum absolute atomic E-state index is 0.0788. The number of ether oxygens (including phenoxy) is 2. The highest BCUT2D eigenvalue weighted by Gasteiger charge is 2.26. The zero-order chi connectivity index (χ0) is 14.6. The third kappa shape index (κ3) is 4.13. The molecule has 1 unspecified atom stereocenters. The molecule has 0 bridgehead atoms. The second kappa shape index (κ2) is 6.28. The highest BCUT2D eigenvalue weighted by Crippen LogP contribution is 2.30. The SMILES string of the molecule is COc1ccc(OC)c(C(C)NC(=O)C(C)(C)Br)c1. The van der Waals surface area contributed by atoms with E-state index in [1.54, 1.807) is 28.1 Å². The number of carbonyl (C=O) groups is 1. The van der Waals surface area contributed by atoms with Gasteiger partial charge in [0.15, 0.2) is 0 Å². The van der Waals surface area contributed by atoms with Crippen LogP contribution < -0.4 is 14.8 Å². The Morgan fingerprint density at radius 2 is 1.95 bits per heavy atom. The molecule has 1 rings (SSSR count). The molecular formula is C14H20BrNO3. The van der Waals surface area contributed by atoms with E-state index in [0.717, 1.165) is 17.1 Å². The monoisotopic (exact) mass is 329 g/mol. The molecule has 1 aromatic rings. The zero-order valence-electron chi connectivity index (χ0n) is 11.9. The Morgan fingerprint density at radius 3 is 2.42 bits per heavy atom. The fraction of sp³-hybridized carbons (Fsp3) is 0.500. The van der Waals surface area contributed by atoms with Gasteiger partial charge in [0.25, 0.3) is 0 Å². The third-order valence-electron chi connectivity index (χ3n) is 2.79. The molecule has 19 heavy (non-hydrogen) atoms. The molecule has 0 radical (unpaired) electrons. The van der Waals surface area contributed by atoms with Gasteiger partial charge in [-0.2, -0.15) is 0 Å². The molecule has 0 saturated carbocycles. The van der Waals surface area contributed by atoms with E-state index in [-0.39, 0.29) is 11.9 Å². The first-order valence-electron chi connectivity index (χ1n) is 6.01. The van der Waals surface area contributed by atoms with Crippen LogP contribution >= 0.6 is 15.9 Å². The van der Waals surface area contributed by atoms with Crippen LogP contribution in [0.25, 0.3) is 0 Å². The number of halogens is 1. The molecule has 0 aromatic heterocycles. The van der Waals surface area contributed by atoms with Gasteiger partial charge in [-0.1, -0.05) is 15.9 Å². The molecular weight excluding hydrogens is 310 g/mol. The molecule has 0 heterocycles. The first kappa shape index (κ1) is 15.8. The molecule has 0 aliphatic heterocycles. The smallest absolute Gasteiger partial charge is 0.236 e. The third-order valence-corrected chi connectivity index (χ3v) is 3.15. The highest BCUT2D eigenvalue weighted by atomic mass is 79.9. The van der Waals surface area contributed by atoms with Crippen LogP contribution in [0.5, 0.6) is 11.5 Å². The largest absolute Gasteiger partial charge is 0.497 e. The van der Waals surface area contributed by atoms with Crippen LogP contribution in [0.15, 0.2) is 18.2 Å². The summed E-state index contributed by atoms with van der Waals surface area (Å²) in [6.07, 6.45) is 0. The van der Waals surface area contributed by atoms with Crippen LogP contribution in [0, 0.1) is 0 Å².